The fourth-order valence-corrected chi connectivity index (χ4v) is 3.37. The van der Waals surface area contributed by atoms with Gasteiger partial charge in [-0.25, -0.2) is 0 Å². The van der Waals surface area contributed by atoms with Crippen molar-refractivity contribution < 1.29 is 9.21 Å². The first-order chi connectivity index (χ1) is 10.0. The molecular weight excluding hydrogens is 284 g/mol. The SMILES string of the molecule is CCc1occc1C(=O)NC1(C(N)=S)CCC(CC)CC1. The van der Waals surface area contributed by atoms with Gasteiger partial charge in [-0.05, 0) is 37.7 Å². The van der Waals surface area contributed by atoms with Crippen LogP contribution in [0.4, 0.5) is 0 Å². The molecule has 0 aromatic carbocycles. The minimum atomic E-state index is -0.541. The van der Waals surface area contributed by atoms with E-state index >= 15 is 0 Å². The number of amides is 1. The first-order valence-corrected chi connectivity index (χ1v) is 8.12. The molecule has 1 aromatic rings. The Morgan fingerprint density at radius 1 is 1.48 bits per heavy atom. The van der Waals surface area contributed by atoms with Gasteiger partial charge in [0.1, 0.15) is 5.76 Å². The van der Waals surface area contributed by atoms with E-state index in [1.165, 1.54) is 6.42 Å². The van der Waals surface area contributed by atoms with Crippen molar-refractivity contribution in [3.05, 3.63) is 23.7 Å². The van der Waals surface area contributed by atoms with Gasteiger partial charge in [0, 0.05) is 6.42 Å². The number of carbonyl (C=O) groups is 1. The molecule has 1 aromatic heterocycles. The van der Waals surface area contributed by atoms with Gasteiger partial charge in [-0.3, -0.25) is 4.79 Å². The van der Waals surface area contributed by atoms with Crippen molar-refractivity contribution in [2.75, 3.05) is 0 Å². The summed E-state index contributed by atoms with van der Waals surface area (Å²) in [6, 6.07) is 1.71. The smallest absolute Gasteiger partial charge is 0.255 e. The summed E-state index contributed by atoms with van der Waals surface area (Å²) in [4.78, 5) is 12.9. The summed E-state index contributed by atoms with van der Waals surface area (Å²) in [5.74, 6) is 1.28. The molecule has 0 radical (unpaired) electrons. The maximum atomic E-state index is 12.5. The molecule has 1 saturated carbocycles. The van der Waals surface area contributed by atoms with Gasteiger partial charge >= 0.3 is 0 Å². The topological polar surface area (TPSA) is 68.3 Å². The van der Waals surface area contributed by atoms with Crippen LogP contribution in [-0.2, 0) is 6.42 Å². The van der Waals surface area contributed by atoms with Crippen LogP contribution >= 0.6 is 12.2 Å². The molecule has 0 aliphatic heterocycles. The molecule has 4 nitrogen and oxygen atoms in total. The highest BCUT2D eigenvalue weighted by atomic mass is 32.1. The second-order valence-corrected chi connectivity index (χ2v) is 6.30. The first kappa shape index (κ1) is 16.0. The zero-order valence-corrected chi connectivity index (χ0v) is 13.6. The van der Waals surface area contributed by atoms with Crippen LogP contribution in [0.15, 0.2) is 16.7 Å². The minimum Gasteiger partial charge on any atom is -0.469 e. The highest BCUT2D eigenvalue weighted by Crippen LogP contribution is 2.34. The number of hydrogen-bond acceptors (Lipinski definition) is 3. The Labute approximate surface area is 131 Å². The van der Waals surface area contributed by atoms with Crippen LogP contribution in [0.3, 0.4) is 0 Å². The molecule has 116 valence electrons. The Hall–Kier alpha value is -1.36. The molecule has 1 aliphatic carbocycles. The number of furan rings is 1. The molecule has 1 amide bonds. The number of thiocarbonyl (C=S) groups is 1. The van der Waals surface area contributed by atoms with Gasteiger partial charge < -0.3 is 15.5 Å². The molecule has 0 spiro atoms. The summed E-state index contributed by atoms with van der Waals surface area (Å²) in [5, 5.41) is 3.09. The van der Waals surface area contributed by atoms with Gasteiger partial charge in [-0.15, -0.1) is 0 Å². The third-order valence-electron chi connectivity index (χ3n) is 4.67. The molecule has 0 atom stereocenters. The Balaban J connectivity index is 2.14. The molecule has 1 fully saturated rings. The van der Waals surface area contributed by atoms with Crippen LogP contribution in [-0.4, -0.2) is 16.4 Å². The van der Waals surface area contributed by atoms with Crippen molar-refractivity contribution in [2.24, 2.45) is 11.7 Å². The number of aryl methyl sites for hydroxylation is 1. The van der Waals surface area contributed by atoms with Gasteiger partial charge in [0.25, 0.3) is 5.91 Å². The number of nitrogens with one attached hydrogen (secondary N) is 1. The molecule has 21 heavy (non-hydrogen) atoms. The van der Waals surface area contributed by atoms with Gasteiger partial charge in [0.05, 0.1) is 22.4 Å². The number of rotatable bonds is 5. The minimum absolute atomic E-state index is 0.136. The van der Waals surface area contributed by atoms with Gasteiger partial charge in [0.2, 0.25) is 0 Å². The molecular formula is C16H24N2O2S. The second kappa shape index (κ2) is 6.60. The van der Waals surface area contributed by atoms with Gasteiger partial charge in [-0.1, -0.05) is 32.5 Å². The monoisotopic (exact) mass is 308 g/mol. The lowest BCUT2D eigenvalue weighted by Gasteiger charge is -2.40. The van der Waals surface area contributed by atoms with E-state index in [1.54, 1.807) is 12.3 Å². The summed E-state index contributed by atoms with van der Waals surface area (Å²) in [6.07, 6.45) is 7.17. The fourth-order valence-electron chi connectivity index (χ4n) is 3.11. The molecule has 2 rings (SSSR count). The van der Waals surface area contributed by atoms with E-state index in [0.29, 0.717) is 28.7 Å². The quantitative estimate of drug-likeness (QED) is 0.820. The first-order valence-electron chi connectivity index (χ1n) is 7.71. The molecule has 0 bridgehead atoms. The van der Waals surface area contributed by atoms with E-state index in [0.717, 1.165) is 25.7 Å². The Kier molecular flexibility index (Phi) is 5.04. The predicted octanol–water partition coefficient (Wildman–Crippen LogP) is 3.20. The zero-order chi connectivity index (χ0) is 15.5. The standard InChI is InChI=1S/C16H24N2O2S/c1-3-11-5-8-16(9-6-11,15(17)21)18-14(19)12-7-10-20-13(12)4-2/h7,10-11H,3-6,8-9H2,1-2H3,(H2,17,21)(H,18,19). The lowest BCUT2D eigenvalue weighted by molar-refractivity contribution is 0.0896. The van der Waals surface area contributed by atoms with Crippen molar-refractivity contribution in [2.45, 2.75) is 57.9 Å². The van der Waals surface area contributed by atoms with Gasteiger partial charge in [-0.2, -0.15) is 0 Å². The van der Waals surface area contributed by atoms with Crippen LogP contribution < -0.4 is 11.1 Å². The van der Waals surface area contributed by atoms with Crippen molar-refractivity contribution in [1.29, 1.82) is 0 Å². The fraction of sp³-hybridized carbons (Fsp3) is 0.625. The van der Waals surface area contributed by atoms with E-state index in [1.807, 2.05) is 6.92 Å². The summed E-state index contributed by atoms with van der Waals surface area (Å²) in [6.45, 7) is 4.17. The highest BCUT2D eigenvalue weighted by molar-refractivity contribution is 7.80. The average Bonchev–Trinajstić information content (AvgIpc) is 2.96. The normalized spacial score (nSPS) is 25.5. The van der Waals surface area contributed by atoms with E-state index in [4.69, 9.17) is 22.4 Å². The van der Waals surface area contributed by atoms with E-state index in [2.05, 4.69) is 12.2 Å². The lowest BCUT2D eigenvalue weighted by Crippen LogP contribution is -2.58. The van der Waals surface area contributed by atoms with Crippen molar-refractivity contribution in [1.82, 2.24) is 5.32 Å². The van der Waals surface area contributed by atoms with Crippen LogP contribution in [0, 0.1) is 5.92 Å². The summed E-state index contributed by atoms with van der Waals surface area (Å²) >= 11 is 5.25. The maximum Gasteiger partial charge on any atom is 0.255 e. The van der Waals surface area contributed by atoms with Crippen molar-refractivity contribution in [3.8, 4) is 0 Å². The average molecular weight is 308 g/mol. The third kappa shape index (κ3) is 3.28. The largest absolute Gasteiger partial charge is 0.469 e. The lowest BCUT2D eigenvalue weighted by atomic mass is 9.75. The summed E-state index contributed by atoms with van der Waals surface area (Å²) in [7, 11) is 0. The molecule has 0 unspecified atom stereocenters. The molecule has 5 heteroatoms. The van der Waals surface area contributed by atoms with Crippen LogP contribution in [0.1, 0.15) is 62.1 Å². The van der Waals surface area contributed by atoms with E-state index in [9.17, 15) is 4.79 Å². The second-order valence-electron chi connectivity index (χ2n) is 5.86. The number of hydrogen-bond donors (Lipinski definition) is 2. The molecule has 0 saturated heterocycles. The summed E-state index contributed by atoms with van der Waals surface area (Å²) < 4.78 is 5.33. The van der Waals surface area contributed by atoms with Crippen LogP contribution in [0.25, 0.3) is 0 Å². The Bertz CT molecular complexity index is 516. The number of nitrogens with two attached hydrogens (primary N) is 1. The Morgan fingerprint density at radius 3 is 2.67 bits per heavy atom. The van der Waals surface area contributed by atoms with E-state index < -0.39 is 5.54 Å². The maximum absolute atomic E-state index is 12.5. The van der Waals surface area contributed by atoms with Gasteiger partial charge in [0.15, 0.2) is 0 Å². The summed E-state index contributed by atoms with van der Waals surface area (Å²) in [5.41, 5.74) is 6.00. The Morgan fingerprint density at radius 2 is 2.14 bits per heavy atom. The molecule has 3 N–H and O–H groups in total. The number of carbonyl (C=O) groups excluding carboxylic acids is 1. The van der Waals surface area contributed by atoms with Crippen molar-refractivity contribution in [3.63, 3.8) is 0 Å². The predicted molar refractivity (Wildman–Crippen MR) is 87.3 cm³/mol. The van der Waals surface area contributed by atoms with Crippen LogP contribution in [0.2, 0.25) is 0 Å². The molecule has 1 aliphatic rings. The van der Waals surface area contributed by atoms with Crippen molar-refractivity contribution >= 4 is 23.1 Å². The molecule has 1 heterocycles. The zero-order valence-electron chi connectivity index (χ0n) is 12.8. The third-order valence-corrected chi connectivity index (χ3v) is 5.06. The van der Waals surface area contributed by atoms with Crippen LogP contribution in [0.5, 0.6) is 0 Å². The van der Waals surface area contributed by atoms with E-state index in [-0.39, 0.29) is 5.91 Å². The highest BCUT2D eigenvalue weighted by Gasteiger charge is 2.39.